The predicted octanol–water partition coefficient (Wildman–Crippen LogP) is 0.948. The Kier molecular flexibility index (Phi) is 6.14. The largest absolute Gasteiger partial charge is 0.363 e. The second kappa shape index (κ2) is 7.40. The van der Waals surface area contributed by atoms with Gasteiger partial charge in [0.1, 0.15) is 5.82 Å². The number of anilines is 1. The highest BCUT2D eigenvalue weighted by Gasteiger charge is 2.14. The minimum absolute atomic E-state index is 0.0415. The summed E-state index contributed by atoms with van der Waals surface area (Å²) in [7, 11) is 0.612. The minimum Gasteiger partial charge on any atom is -0.363 e. The molecule has 0 aliphatic rings. The van der Waals surface area contributed by atoms with Gasteiger partial charge in [-0.15, -0.1) is 0 Å². The third-order valence-electron chi connectivity index (χ3n) is 2.75. The molecule has 118 valence electrons. The number of amides is 1. The van der Waals surface area contributed by atoms with Crippen molar-refractivity contribution in [2.45, 2.75) is 13.8 Å². The molecule has 0 atom stereocenters. The number of carbonyl (C=O) groups is 1. The van der Waals surface area contributed by atoms with Crippen molar-refractivity contribution in [1.82, 2.24) is 10.3 Å². The zero-order valence-electron chi connectivity index (χ0n) is 13.0. The van der Waals surface area contributed by atoms with Gasteiger partial charge in [-0.2, -0.15) is 0 Å². The molecule has 0 saturated carbocycles. The van der Waals surface area contributed by atoms with Gasteiger partial charge >= 0.3 is 0 Å². The molecule has 0 fully saturated rings. The number of carbonyl (C=O) groups excluding carboxylic acids is 1. The number of sulfone groups is 1. The molecule has 1 rings (SSSR count). The maximum atomic E-state index is 11.9. The van der Waals surface area contributed by atoms with Crippen LogP contribution in [0, 0.1) is 5.92 Å². The second-order valence-electron chi connectivity index (χ2n) is 5.56. The number of pyridine rings is 1. The molecule has 1 amide bonds. The molecular formula is C14H23N3O3S. The smallest absolute Gasteiger partial charge is 0.252 e. The summed E-state index contributed by atoms with van der Waals surface area (Å²) in [6.07, 6.45) is 1.48. The van der Waals surface area contributed by atoms with Gasteiger partial charge in [0, 0.05) is 26.8 Å². The summed E-state index contributed by atoms with van der Waals surface area (Å²) in [5.41, 5.74) is 0.418. The van der Waals surface area contributed by atoms with Crippen LogP contribution in [-0.2, 0) is 9.84 Å². The average molecular weight is 313 g/mol. The van der Waals surface area contributed by atoms with Crippen molar-refractivity contribution in [3.05, 3.63) is 23.9 Å². The van der Waals surface area contributed by atoms with E-state index in [0.717, 1.165) is 5.82 Å². The van der Waals surface area contributed by atoms with Gasteiger partial charge in [0.2, 0.25) is 0 Å². The molecule has 21 heavy (non-hydrogen) atoms. The van der Waals surface area contributed by atoms with Crippen molar-refractivity contribution in [3.8, 4) is 0 Å². The maximum absolute atomic E-state index is 11.9. The summed E-state index contributed by atoms with van der Waals surface area (Å²) in [6, 6.07) is 3.41. The first kappa shape index (κ1) is 17.4. The third-order valence-corrected chi connectivity index (χ3v) is 4.75. The van der Waals surface area contributed by atoms with E-state index in [1.807, 2.05) is 32.8 Å². The molecule has 6 nitrogen and oxygen atoms in total. The van der Waals surface area contributed by atoms with Gasteiger partial charge in [-0.05, 0) is 18.1 Å². The van der Waals surface area contributed by atoms with Crippen LogP contribution in [0.25, 0.3) is 0 Å². The lowest BCUT2D eigenvalue weighted by molar-refractivity contribution is 0.0956. The van der Waals surface area contributed by atoms with E-state index in [1.165, 1.54) is 6.20 Å². The summed E-state index contributed by atoms with van der Waals surface area (Å²) >= 11 is 0. The topological polar surface area (TPSA) is 79.4 Å². The summed E-state index contributed by atoms with van der Waals surface area (Å²) < 4.78 is 23.4. The van der Waals surface area contributed by atoms with Crippen LogP contribution < -0.4 is 10.2 Å². The quantitative estimate of drug-likeness (QED) is 0.811. The molecule has 0 aliphatic carbocycles. The van der Waals surface area contributed by atoms with E-state index < -0.39 is 9.84 Å². The average Bonchev–Trinajstić information content (AvgIpc) is 2.36. The fourth-order valence-corrected chi connectivity index (χ4v) is 3.39. The van der Waals surface area contributed by atoms with Gasteiger partial charge in [0.05, 0.1) is 17.1 Å². The van der Waals surface area contributed by atoms with Crippen molar-refractivity contribution in [2.75, 3.05) is 37.0 Å². The molecule has 0 aliphatic heterocycles. The van der Waals surface area contributed by atoms with Gasteiger partial charge in [0.15, 0.2) is 9.84 Å². The molecule has 0 unspecified atom stereocenters. The fraction of sp³-hybridized carbons (Fsp3) is 0.571. The zero-order valence-corrected chi connectivity index (χ0v) is 13.8. The lowest BCUT2D eigenvalue weighted by Gasteiger charge is -2.11. The standard InChI is InChI=1S/C14H23N3O3S/c1-11(2)10-21(19,20)8-7-15-14(18)12-5-6-13(16-9-12)17(3)4/h5-6,9,11H,7-8,10H2,1-4H3,(H,15,18). The normalized spacial score (nSPS) is 11.5. The number of aromatic nitrogens is 1. The summed E-state index contributed by atoms with van der Waals surface area (Å²) in [5.74, 6) is 0.634. The highest BCUT2D eigenvalue weighted by Crippen LogP contribution is 2.07. The summed E-state index contributed by atoms with van der Waals surface area (Å²) in [6.45, 7) is 3.82. The molecular weight excluding hydrogens is 290 g/mol. The highest BCUT2D eigenvalue weighted by molar-refractivity contribution is 7.91. The Morgan fingerprint density at radius 3 is 2.48 bits per heavy atom. The second-order valence-corrected chi connectivity index (χ2v) is 7.79. The molecule has 0 spiro atoms. The van der Waals surface area contributed by atoms with Crippen molar-refractivity contribution < 1.29 is 13.2 Å². The molecule has 0 bridgehead atoms. The summed E-state index contributed by atoms with van der Waals surface area (Å²) in [5, 5.41) is 2.61. The van der Waals surface area contributed by atoms with E-state index in [-0.39, 0.29) is 29.9 Å². The number of rotatable bonds is 7. The zero-order chi connectivity index (χ0) is 16.0. The Morgan fingerprint density at radius 2 is 2.00 bits per heavy atom. The molecule has 1 aromatic heterocycles. The Balaban J connectivity index is 2.51. The van der Waals surface area contributed by atoms with Crippen molar-refractivity contribution in [3.63, 3.8) is 0 Å². The third kappa shape index (κ3) is 6.12. The first-order valence-electron chi connectivity index (χ1n) is 6.83. The van der Waals surface area contributed by atoms with E-state index in [2.05, 4.69) is 10.3 Å². The van der Waals surface area contributed by atoms with E-state index >= 15 is 0 Å². The Bertz CT molecular complexity index is 566. The number of nitrogens with zero attached hydrogens (tertiary/aromatic N) is 2. The maximum Gasteiger partial charge on any atom is 0.252 e. The SMILES string of the molecule is CC(C)CS(=O)(=O)CCNC(=O)c1ccc(N(C)C)nc1. The Hall–Kier alpha value is -1.63. The van der Waals surface area contributed by atoms with Crippen LogP contribution in [-0.4, -0.2) is 51.5 Å². The Labute approximate surface area is 126 Å². The Morgan fingerprint density at radius 1 is 1.33 bits per heavy atom. The van der Waals surface area contributed by atoms with Gasteiger partial charge in [-0.1, -0.05) is 13.8 Å². The van der Waals surface area contributed by atoms with Crippen LogP contribution in [0.15, 0.2) is 18.3 Å². The highest BCUT2D eigenvalue weighted by atomic mass is 32.2. The lowest BCUT2D eigenvalue weighted by atomic mass is 10.2. The molecule has 0 radical (unpaired) electrons. The summed E-state index contributed by atoms with van der Waals surface area (Å²) in [4.78, 5) is 17.9. The fourth-order valence-electron chi connectivity index (χ4n) is 1.80. The molecule has 1 aromatic rings. The molecule has 1 heterocycles. The van der Waals surface area contributed by atoms with Crippen LogP contribution in [0.3, 0.4) is 0 Å². The van der Waals surface area contributed by atoms with Gasteiger partial charge < -0.3 is 10.2 Å². The predicted molar refractivity (Wildman–Crippen MR) is 84.4 cm³/mol. The van der Waals surface area contributed by atoms with Crippen LogP contribution in [0.4, 0.5) is 5.82 Å². The molecule has 0 aromatic carbocycles. The van der Waals surface area contributed by atoms with E-state index in [9.17, 15) is 13.2 Å². The van der Waals surface area contributed by atoms with Crippen LogP contribution in [0.1, 0.15) is 24.2 Å². The van der Waals surface area contributed by atoms with Crippen molar-refractivity contribution in [2.24, 2.45) is 5.92 Å². The lowest BCUT2D eigenvalue weighted by Crippen LogP contribution is -2.30. The monoisotopic (exact) mass is 313 g/mol. The van der Waals surface area contributed by atoms with Gasteiger partial charge in [0.25, 0.3) is 5.91 Å². The molecule has 0 saturated heterocycles. The van der Waals surface area contributed by atoms with Crippen LogP contribution >= 0.6 is 0 Å². The first-order valence-corrected chi connectivity index (χ1v) is 8.65. The number of hydrogen-bond acceptors (Lipinski definition) is 5. The van der Waals surface area contributed by atoms with Crippen LogP contribution in [0.5, 0.6) is 0 Å². The van der Waals surface area contributed by atoms with Gasteiger partial charge in [-0.3, -0.25) is 4.79 Å². The first-order chi connectivity index (χ1) is 9.71. The minimum atomic E-state index is -3.11. The van der Waals surface area contributed by atoms with E-state index in [0.29, 0.717) is 5.56 Å². The van der Waals surface area contributed by atoms with Crippen LogP contribution in [0.2, 0.25) is 0 Å². The van der Waals surface area contributed by atoms with E-state index in [4.69, 9.17) is 0 Å². The number of nitrogens with one attached hydrogen (secondary N) is 1. The molecule has 1 N–H and O–H groups in total. The molecule has 7 heteroatoms. The van der Waals surface area contributed by atoms with Gasteiger partial charge in [-0.25, -0.2) is 13.4 Å². The van der Waals surface area contributed by atoms with Crippen molar-refractivity contribution in [1.29, 1.82) is 0 Å². The van der Waals surface area contributed by atoms with Crippen molar-refractivity contribution >= 4 is 21.6 Å². The number of hydrogen-bond donors (Lipinski definition) is 1. The van der Waals surface area contributed by atoms with E-state index in [1.54, 1.807) is 12.1 Å².